The first-order valence-corrected chi connectivity index (χ1v) is 8.30. The Morgan fingerprint density at radius 2 is 1.82 bits per heavy atom. The summed E-state index contributed by atoms with van der Waals surface area (Å²) in [5.41, 5.74) is 5.89. The van der Waals surface area contributed by atoms with E-state index in [1.807, 2.05) is 23.8 Å². The Kier molecular flexibility index (Phi) is 10.4. The van der Waals surface area contributed by atoms with Gasteiger partial charge < -0.3 is 15.5 Å². The van der Waals surface area contributed by atoms with Crippen molar-refractivity contribution in [2.45, 2.75) is 58.4 Å². The third-order valence-corrected chi connectivity index (χ3v) is 4.30. The van der Waals surface area contributed by atoms with Crippen LogP contribution < -0.4 is 5.73 Å². The third kappa shape index (κ3) is 6.13. The van der Waals surface area contributed by atoms with Crippen molar-refractivity contribution < 1.29 is 9.59 Å². The number of nitrogens with two attached hydrogens (primary N) is 1. The van der Waals surface area contributed by atoms with Crippen LogP contribution >= 0.6 is 12.4 Å². The second kappa shape index (κ2) is 10.8. The van der Waals surface area contributed by atoms with Gasteiger partial charge in [0, 0.05) is 32.6 Å². The van der Waals surface area contributed by atoms with E-state index < -0.39 is 0 Å². The average Bonchev–Trinajstić information content (AvgIpc) is 2.51. The molecule has 1 aliphatic heterocycles. The molecule has 0 aromatic rings. The lowest BCUT2D eigenvalue weighted by Crippen LogP contribution is -2.49. The summed E-state index contributed by atoms with van der Waals surface area (Å²) in [5, 5.41) is 0. The van der Waals surface area contributed by atoms with Gasteiger partial charge in [0.25, 0.3) is 0 Å². The number of likely N-dealkylation sites (tertiary alicyclic amines) is 1. The molecule has 5 nitrogen and oxygen atoms in total. The Morgan fingerprint density at radius 3 is 2.32 bits per heavy atom. The van der Waals surface area contributed by atoms with Gasteiger partial charge in [-0.1, -0.05) is 26.7 Å². The van der Waals surface area contributed by atoms with Crippen molar-refractivity contribution in [3.63, 3.8) is 0 Å². The zero-order valence-electron chi connectivity index (χ0n) is 14.2. The SMILES string of the molecule is CCCCN(C)C(=O)C1CCN(C(=O)C(N)CCC)CC1.Cl. The molecular formula is C16H32ClN3O2. The van der Waals surface area contributed by atoms with Crippen molar-refractivity contribution in [2.75, 3.05) is 26.7 Å². The van der Waals surface area contributed by atoms with Gasteiger partial charge in [-0.2, -0.15) is 0 Å². The molecule has 1 saturated heterocycles. The summed E-state index contributed by atoms with van der Waals surface area (Å²) in [4.78, 5) is 28.1. The fourth-order valence-corrected chi connectivity index (χ4v) is 2.83. The van der Waals surface area contributed by atoms with Gasteiger partial charge in [-0.25, -0.2) is 0 Å². The zero-order valence-corrected chi connectivity index (χ0v) is 15.0. The van der Waals surface area contributed by atoms with E-state index in [9.17, 15) is 9.59 Å². The number of hydrogen-bond donors (Lipinski definition) is 1. The van der Waals surface area contributed by atoms with Gasteiger partial charge in [0.2, 0.25) is 11.8 Å². The van der Waals surface area contributed by atoms with Crippen molar-refractivity contribution in [1.82, 2.24) is 9.80 Å². The van der Waals surface area contributed by atoms with E-state index in [0.717, 1.165) is 45.1 Å². The second-order valence-electron chi connectivity index (χ2n) is 6.11. The van der Waals surface area contributed by atoms with Gasteiger partial charge in [0.05, 0.1) is 6.04 Å². The first kappa shape index (κ1) is 21.2. The minimum Gasteiger partial charge on any atom is -0.346 e. The van der Waals surface area contributed by atoms with E-state index in [-0.39, 0.29) is 36.2 Å². The summed E-state index contributed by atoms with van der Waals surface area (Å²) in [6.07, 6.45) is 5.33. The van der Waals surface area contributed by atoms with Gasteiger partial charge in [-0.05, 0) is 25.7 Å². The standard InChI is InChI=1S/C16H31N3O2.ClH/c1-4-6-10-18(3)15(20)13-8-11-19(12-9-13)16(21)14(17)7-5-2;/h13-14H,4-12,17H2,1-3H3;1H. The molecule has 1 heterocycles. The molecule has 1 rings (SSSR count). The zero-order chi connectivity index (χ0) is 15.8. The fourth-order valence-electron chi connectivity index (χ4n) is 2.83. The molecule has 1 aliphatic rings. The molecule has 0 radical (unpaired) electrons. The molecule has 2 N–H and O–H groups in total. The van der Waals surface area contributed by atoms with Crippen LogP contribution in [0.5, 0.6) is 0 Å². The lowest BCUT2D eigenvalue weighted by Gasteiger charge is -2.34. The van der Waals surface area contributed by atoms with Crippen LogP contribution in [0.4, 0.5) is 0 Å². The van der Waals surface area contributed by atoms with Crippen molar-refractivity contribution in [1.29, 1.82) is 0 Å². The number of amides is 2. The maximum absolute atomic E-state index is 12.3. The predicted octanol–water partition coefficient (Wildman–Crippen LogP) is 2.03. The third-order valence-electron chi connectivity index (χ3n) is 4.30. The van der Waals surface area contributed by atoms with Crippen LogP contribution in [-0.4, -0.2) is 54.3 Å². The van der Waals surface area contributed by atoms with E-state index in [1.165, 1.54) is 0 Å². The Balaban J connectivity index is 0.00000441. The number of piperidine rings is 1. The van der Waals surface area contributed by atoms with Gasteiger partial charge in [-0.15, -0.1) is 12.4 Å². The first-order valence-electron chi connectivity index (χ1n) is 8.30. The summed E-state index contributed by atoms with van der Waals surface area (Å²) in [6.45, 7) is 6.31. The van der Waals surface area contributed by atoms with Crippen molar-refractivity contribution in [3.05, 3.63) is 0 Å². The molecule has 1 fully saturated rings. The molecule has 0 aromatic carbocycles. The minimum atomic E-state index is -0.380. The van der Waals surface area contributed by atoms with Gasteiger partial charge >= 0.3 is 0 Å². The van der Waals surface area contributed by atoms with Crippen LogP contribution in [0, 0.1) is 5.92 Å². The summed E-state index contributed by atoms with van der Waals surface area (Å²) in [6, 6.07) is -0.380. The highest BCUT2D eigenvalue weighted by atomic mass is 35.5. The van der Waals surface area contributed by atoms with E-state index in [1.54, 1.807) is 0 Å². The highest BCUT2D eigenvalue weighted by molar-refractivity contribution is 5.85. The Morgan fingerprint density at radius 1 is 1.23 bits per heavy atom. The quantitative estimate of drug-likeness (QED) is 0.775. The summed E-state index contributed by atoms with van der Waals surface area (Å²) >= 11 is 0. The number of carbonyl (C=O) groups excluding carboxylic acids is 2. The molecule has 1 atom stereocenters. The van der Waals surface area contributed by atoms with Crippen LogP contribution in [0.2, 0.25) is 0 Å². The molecule has 130 valence electrons. The van der Waals surface area contributed by atoms with Crippen LogP contribution in [0.1, 0.15) is 52.4 Å². The Hall–Kier alpha value is -0.810. The molecule has 0 aromatic heterocycles. The highest BCUT2D eigenvalue weighted by Crippen LogP contribution is 2.20. The lowest BCUT2D eigenvalue weighted by atomic mass is 9.94. The van der Waals surface area contributed by atoms with Crippen molar-refractivity contribution in [2.24, 2.45) is 11.7 Å². The summed E-state index contributed by atoms with van der Waals surface area (Å²) < 4.78 is 0. The molecule has 6 heteroatoms. The van der Waals surface area contributed by atoms with Crippen molar-refractivity contribution >= 4 is 24.2 Å². The topological polar surface area (TPSA) is 66.6 Å². The van der Waals surface area contributed by atoms with E-state index in [0.29, 0.717) is 13.1 Å². The smallest absolute Gasteiger partial charge is 0.239 e. The highest BCUT2D eigenvalue weighted by Gasteiger charge is 2.30. The summed E-state index contributed by atoms with van der Waals surface area (Å²) in [5.74, 6) is 0.341. The molecule has 2 amide bonds. The summed E-state index contributed by atoms with van der Waals surface area (Å²) in [7, 11) is 1.88. The maximum atomic E-state index is 12.3. The first-order chi connectivity index (χ1) is 10.0. The van der Waals surface area contributed by atoms with Crippen LogP contribution in [-0.2, 0) is 9.59 Å². The number of rotatable bonds is 7. The molecular weight excluding hydrogens is 302 g/mol. The fraction of sp³-hybridized carbons (Fsp3) is 0.875. The lowest BCUT2D eigenvalue weighted by molar-refractivity contribution is -0.140. The monoisotopic (exact) mass is 333 g/mol. The van der Waals surface area contributed by atoms with Crippen LogP contribution in [0.3, 0.4) is 0 Å². The van der Waals surface area contributed by atoms with Crippen molar-refractivity contribution in [3.8, 4) is 0 Å². The van der Waals surface area contributed by atoms with E-state index in [2.05, 4.69) is 6.92 Å². The normalized spacial score (nSPS) is 16.8. The van der Waals surface area contributed by atoms with E-state index in [4.69, 9.17) is 5.73 Å². The van der Waals surface area contributed by atoms with E-state index >= 15 is 0 Å². The largest absolute Gasteiger partial charge is 0.346 e. The van der Waals surface area contributed by atoms with Crippen LogP contribution in [0.25, 0.3) is 0 Å². The Labute approximate surface area is 141 Å². The number of carbonyl (C=O) groups is 2. The van der Waals surface area contributed by atoms with Gasteiger partial charge in [-0.3, -0.25) is 9.59 Å². The number of unbranched alkanes of at least 4 members (excludes halogenated alkanes) is 1. The average molecular weight is 334 g/mol. The van der Waals surface area contributed by atoms with Gasteiger partial charge in [0.15, 0.2) is 0 Å². The molecule has 0 spiro atoms. The molecule has 0 saturated carbocycles. The molecule has 1 unspecified atom stereocenters. The van der Waals surface area contributed by atoms with Gasteiger partial charge in [0.1, 0.15) is 0 Å². The second-order valence-corrected chi connectivity index (χ2v) is 6.11. The maximum Gasteiger partial charge on any atom is 0.239 e. The minimum absolute atomic E-state index is 0. The molecule has 0 bridgehead atoms. The number of nitrogens with zero attached hydrogens (tertiary/aromatic N) is 2. The number of hydrogen-bond acceptors (Lipinski definition) is 3. The predicted molar refractivity (Wildman–Crippen MR) is 92.0 cm³/mol. The molecule has 22 heavy (non-hydrogen) atoms. The molecule has 0 aliphatic carbocycles. The van der Waals surface area contributed by atoms with Crippen LogP contribution in [0.15, 0.2) is 0 Å². The number of halogens is 1. The Bertz CT molecular complexity index is 344.